The summed E-state index contributed by atoms with van der Waals surface area (Å²) in [6.07, 6.45) is 12.5. The number of hydrogen-bond acceptors (Lipinski definition) is 10. The number of ether oxygens (including phenoxy) is 4. The highest BCUT2D eigenvalue weighted by Gasteiger charge is 2.36. The molecule has 1 aromatic carbocycles. The zero-order chi connectivity index (χ0) is 63.3. The molecule has 17 rings (SSSR count). The lowest BCUT2D eigenvalue weighted by Crippen LogP contribution is -2.30. The summed E-state index contributed by atoms with van der Waals surface area (Å²) in [5.74, 6) is -2.09. The van der Waals surface area contributed by atoms with E-state index in [4.69, 9.17) is 28.9 Å². The molecule has 11 aromatic rings. The van der Waals surface area contributed by atoms with Crippen molar-refractivity contribution in [3.05, 3.63) is 257 Å². The number of imidazole rings is 2. The molecular formula is C74H66N12O8. The van der Waals surface area contributed by atoms with Gasteiger partial charge in [-0.1, -0.05) is 18.2 Å². The first kappa shape index (κ1) is 56.7. The molecule has 0 saturated carbocycles. The average molecular weight is 1250 g/mol. The molecule has 0 amide bonds. The van der Waals surface area contributed by atoms with Crippen LogP contribution in [0.15, 0.2) is 146 Å². The van der Waals surface area contributed by atoms with Gasteiger partial charge in [-0.2, -0.15) is 0 Å². The molecule has 4 unspecified atom stereocenters. The molecule has 0 aliphatic carbocycles. The molecule has 470 valence electrons. The minimum absolute atomic E-state index is 0.290. The first-order valence-corrected chi connectivity index (χ1v) is 32.3. The van der Waals surface area contributed by atoms with E-state index in [0.29, 0.717) is 89.4 Å². The molecule has 8 N–H and O–H groups in total. The Morgan fingerprint density at radius 2 is 0.617 bits per heavy atom. The monoisotopic (exact) mass is 1250 g/mol. The second-order valence-corrected chi connectivity index (χ2v) is 25.2. The van der Waals surface area contributed by atoms with Crippen molar-refractivity contribution in [3.63, 3.8) is 0 Å². The van der Waals surface area contributed by atoms with Gasteiger partial charge in [-0.05, 0) is 166 Å². The Morgan fingerprint density at radius 3 is 0.904 bits per heavy atom. The number of aromatic amines is 8. The van der Waals surface area contributed by atoms with Crippen LogP contribution in [-0.2, 0) is 52.2 Å². The first-order chi connectivity index (χ1) is 46.1. The number of H-pyrrole nitrogens is 8. The summed E-state index contributed by atoms with van der Waals surface area (Å²) < 4.78 is 27.3. The smallest absolute Gasteiger partial charge is 0.313 e. The quantitative estimate of drug-likeness (QED) is 0.0801. The van der Waals surface area contributed by atoms with Crippen molar-refractivity contribution in [2.45, 2.75) is 51.4 Å². The number of fused-ring (bicyclic) bond motifs is 16. The summed E-state index contributed by atoms with van der Waals surface area (Å²) in [5.41, 5.74) is 14.0. The topological polar surface area (TPSA) is 267 Å². The molecule has 6 aliphatic rings. The number of esters is 4. The molecule has 0 radical (unpaired) electrons. The Morgan fingerprint density at radius 1 is 0.340 bits per heavy atom. The van der Waals surface area contributed by atoms with E-state index in [1.165, 1.54) is 0 Å². The second kappa shape index (κ2) is 22.8. The second-order valence-electron chi connectivity index (χ2n) is 25.2. The lowest BCUT2D eigenvalue weighted by molar-refractivity contribution is -0.151. The normalized spacial score (nSPS) is 20.2. The Bertz CT molecular complexity index is 5150. The number of rotatable bonds is 8. The van der Waals surface area contributed by atoms with E-state index in [1.807, 2.05) is 114 Å². The van der Waals surface area contributed by atoms with E-state index in [1.54, 1.807) is 12.4 Å². The van der Waals surface area contributed by atoms with Crippen LogP contribution in [0.1, 0.15) is 120 Å². The molecule has 6 aliphatic heterocycles. The number of cyclic esters (lactones) is 4. The standard InChI is InChI=1S/C74H66N12O8/c1-85-32-30-75-69(85)67-57-26-22-53(81-57)63(41-10-4-34-91-71(41)87)49-18-14-45(77-49)61(46-15-19-50(78-46)64(54-23-27-58(67)82-54)42-11-5-35-92-72(42)88)39-8-3-9-40(38-39)62-47-16-20-51(79-47)65(43-12-6-36-93-73(43)89)55-24-28-59(83-55)68(70-76-31-33-86(70)2)60-29-25-56(84-60)66(52-21-17-48(62)80-52)44-13-7-37-94-74(44)90/h3,8-9,14-33,38,41-44,77-84H,4-7,10-13,34-37H2,1-2H3. The molecular weight excluding hydrogens is 1180 g/mol. The van der Waals surface area contributed by atoms with E-state index in [0.717, 1.165) is 144 Å². The number of aryl methyl sites for hydroxylation is 2. The number of benzene rings is 1. The molecule has 20 nitrogen and oxygen atoms in total. The first-order valence-electron chi connectivity index (χ1n) is 32.3. The van der Waals surface area contributed by atoms with Crippen LogP contribution in [0.5, 0.6) is 0 Å². The molecule has 10 aromatic heterocycles. The van der Waals surface area contributed by atoms with Crippen molar-refractivity contribution in [1.82, 2.24) is 59.0 Å². The summed E-state index contributed by atoms with van der Waals surface area (Å²) in [5, 5.41) is 6.02. The van der Waals surface area contributed by atoms with Crippen molar-refractivity contribution in [1.29, 1.82) is 0 Å². The number of aromatic nitrogens is 12. The maximum atomic E-state index is 14.1. The van der Waals surface area contributed by atoms with Gasteiger partial charge < -0.3 is 68.0 Å². The molecule has 4 atom stereocenters. The van der Waals surface area contributed by atoms with Gasteiger partial charge in [0.15, 0.2) is 0 Å². The third-order valence-electron chi connectivity index (χ3n) is 19.6. The lowest BCUT2D eigenvalue weighted by Gasteiger charge is -2.23. The van der Waals surface area contributed by atoms with Crippen LogP contribution in [0.25, 0.3) is 44.6 Å². The minimum Gasteiger partial charge on any atom is -0.465 e. The van der Waals surface area contributed by atoms with Crippen molar-refractivity contribution >= 4 is 68.5 Å². The highest BCUT2D eigenvalue weighted by molar-refractivity contribution is 5.93. The number of nitrogens with zero attached hydrogens (tertiary/aromatic N) is 4. The Labute approximate surface area is 535 Å². The van der Waals surface area contributed by atoms with Gasteiger partial charge in [0.25, 0.3) is 0 Å². The largest absolute Gasteiger partial charge is 0.465 e. The Kier molecular flexibility index (Phi) is 13.8. The molecule has 16 bridgehead atoms. The molecule has 94 heavy (non-hydrogen) atoms. The fraction of sp³-hybridized carbons (Fsp3) is 0.243. The van der Waals surface area contributed by atoms with Gasteiger partial charge in [-0.25, -0.2) is 9.97 Å². The number of nitrogens with one attached hydrogen (secondary N) is 8. The molecule has 4 saturated heterocycles. The molecule has 16 heterocycles. The van der Waals surface area contributed by atoms with Crippen LogP contribution in [0.2, 0.25) is 0 Å². The van der Waals surface area contributed by atoms with E-state index in [2.05, 4.69) is 82.3 Å². The van der Waals surface area contributed by atoms with Crippen LogP contribution in [0.3, 0.4) is 0 Å². The van der Waals surface area contributed by atoms with Crippen LogP contribution in [-0.4, -0.2) is 109 Å². The van der Waals surface area contributed by atoms with Crippen LogP contribution >= 0.6 is 0 Å². The zero-order valence-corrected chi connectivity index (χ0v) is 51.7. The van der Waals surface area contributed by atoms with Gasteiger partial charge in [0, 0.05) is 139 Å². The fourth-order valence-electron chi connectivity index (χ4n) is 15.2. The summed E-state index contributed by atoms with van der Waals surface area (Å²) in [7, 11) is 3.92. The number of hydrogen-bond donors (Lipinski definition) is 8. The van der Waals surface area contributed by atoms with E-state index in [-0.39, 0.29) is 23.9 Å². The van der Waals surface area contributed by atoms with Gasteiger partial charge in [-0.15, -0.1) is 0 Å². The predicted octanol–water partition coefficient (Wildman–Crippen LogP) is 4.00. The Balaban J connectivity index is 0.926. The number of carbonyl (C=O) groups is 4. The summed E-state index contributed by atoms with van der Waals surface area (Å²) >= 11 is 0. The highest BCUT2D eigenvalue weighted by Crippen LogP contribution is 2.36. The molecule has 4 fully saturated rings. The highest BCUT2D eigenvalue weighted by atomic mass is 16.5. The van der Waals surface area contributed by atoms with Crippen LogP contribution in [0.4, 0.5) is 0 Å². The maximum absolute atomic E-state index is 14.1. The SMILES string of the molecule is Cn1ccnc1C1=c2ccc([nH]2)=C(C2CCCOC2=O)c2ccc([nH]2)C(c2cccc(C3=c4ccc([nH]4)=C(C4CCCOC4=O)c4ccc([nH]4)C(c4nccn4C)=c4ccc([nH]4)=C(C4CCCOC4=O)c4ccc3[nH]4)c2)=c2ccc([nH]2)=C(C2CCCOC2=O)c2ccc1[nH]2. The maximum Gasteiger partial charge on any atom is 0.313 e. The van der Waals surface area contributed by atoms with E-state index >= 15 is 0 Å². The predicted molar refractivity (Wildman–Crippen MR) is 347 cm³/mol. The van der Waals surface area contributed by atoms with Gasteiger partial charge in [0.1, 0.15) is 11.6 Å². The number of carbonyl (C=O) groups excluding carboxylic acids is 4. The molecule has 0 spiro atoms. The molecule has 20 heteroatoms. The fourth-order valence-corrected chi connectivity index (χ4v) is 15.2. The average Bonchev–Trinajstić information content (AvgIpc) is 2.06. The third-order valence-corrected chi connectivity index (χ3v) is 19.6. The Hall–Kier alpha value is -11.3. The third kappa shape index (κ3) is 9.64. The van der Waals surface area contributed by atoms with Crippen molar-refractivity contribution < 1.29 is 38.1 Å². The summed E-state index contributed by atoms with van der Waals surface area (Å²) in [4.78, 5) is 96.6. The van der Waals surface area contributed by atoms with Gasteiger partial charge >= 0.3 is 23.9 Å². The van der Waals surface area contributed by atoms with Gasteiger partial charge in [-0.3, -0.25) is 19.2 Å². The van der Waals surface area contributed by atoms with Gasteiger partial charge in [0.05, 0.1) is 83.3 Å². The zero-order valence-electron chi connectivity index (χ0n) is 51.7. The summed E-state index contributed by atoms with van der Waals surface area (Å²) in [6, 6.07) is 41.0. The van der Waals surface area contributed by atoms with Gasteiger partial charge in [0.2, 0.25) is 0 Å². The van der Waals surface area contributed by atoms with Crippen molar-refractivity contribution in [3.8, 4) is 0 Å². The van der Waals surface area contributed by atoms with Crippen LogP contribution in [0, 0.1) is 23.7 Å². The van der Waals surface area contributed by atoms with E-state index in [9.17, 15) is 19.2 Å². The van der Waals surface area contributed by atoms with E-state index < -0.39 is 23.7 Å². The lowest BCUT2D eigenvalue weighted by atomic mass is 9.90. The summed E-state index contributed by atoms with van der Waals surface area (Å²) in [6.45, 7) is 1.41. The van der Waals surface area contributed by atoms with Crippen molar-refractivity contribution in [2.75, 3.05) is 26.4 Å². The van der Waals surface area contributed by atoms with Crippen LogP contribution < -0.4 is 42.8 Å². The van der Waals surface area contributed by atoms with Crippen molar-refractivity contribution in [2.24, 2.45) is 37.8 Å². The minimum atomic E-state index is -0.588.